The van der Waals surface area contributed by atoms with E-state index in [2.05, 4.69) is 10.3 Å². The Balaban J connectivity index is 1.52. The van der Waals surface area contributed by atoms with Crippen molar-refractivity contribution in [2.45, 2.75) is 0 Å². The van der Waals surface area contributed by atoms with Crippen molar-refractivity contribution in [3.8, 4) is 0 Å². The molecule has 1 amide bonds. The monoisotopic (exact) mass is 405 g/mol. The van der Waals surface area contributed by atoms with Gasteiger partial charge in [0, 0.05) is 46.1 Å². The van der Waals surface area contributed by atoms with Gasteiger partial charge >= 0.3 is 0 Å². The van der Waals surface area contributed by atoms with E-state index in [4.69, 9.17) is 15.5 Å². The first-order chi connectivity index (χ1) is 14.2. The smallest absolute Gasteiger partial charge is 0.264 e. The third kappa shape index (κ3) is 3.48. The summed E-state index contributed by atoms with van der Waals surface area (Å²) in [4.78, 5) is 24.6. The maximum absolute atomic E-state index is 12.9. The number of aromatic nitrogens is 2. The second-order valence-electron chi connectivity index (χ2n) is 6.87. The first-order valence-corrected chi connectivity index (χ1v) is 10.2. The lowest BCUT2D eigenvalue weighted by molar-refractivity contribution is 0.0306. The van der Waals surface area contributed by atoms with Crippen LogP contribution in [0.25, 0.3) is 21.0 Å². The number of anilines is 3. The molecule has 0 spiro atoms. The number of hydrogen-bond acceptors (Lipinski definition) is 7. The van der Waals surface area contributed by atoms with Gasteiger partial charge in [-0.1, -0.05) is 6.07 Å². The Morgan fingerprint density at radius 1 is 1.17 bits per heavy atom. The van der Waals surface area contributed by atoms with Gasteiger partial charge in [0.05, 0.1) is 23.6 Å². The highest BCUT2D eigenvalue weighted by Gasteiger charge is 2.21. The molecule has 1 aliphatic rings. The van der Waals surface area contributed by atoms with Crippen LogP contribution in [0, 0.1) is 0 Å². The van der Waals surface area contributed by atoms with Crippen molar-refractivity contribution < 1.29 is 9.53 Å². The number of nitrogens with one attached hydrogen (secondary N) is 1. The minimum Gasteiger partial charge on any atom is -0.399 e. The number of carbonyl (C=O) groups is 1. The van der Waals surface area contributed by atoms with Gasteiger partial charge in [-0.2, -0.15) is 0 Å². The summed E-state index contributed by atoms with van der Waals surface area (Å²) < 4.78 is 6.38. The Labute approximate surface area is 171 Å². The molecule has 4 aromatic rings. The molecule has 1 saturated heterocycles. The Morgan fingerprint density at radius 3 is 2.86 bits per heavy atom. The van der Waals surface area contributed by atoms with Gasteiger partial charge in [-0.15, -0.1) is 11.3 Å². The maximum atomic E-state index is 12.9. The molecular weight excluding hydrogens is 386 g/mol. The molecule has 146 valence electrons. The molecule has 1 fully saturated rings. The number of nitrogens with zero attached hydrogens (tertiary/aromatic N) is 3. The number of hydrogen-bond donors (Lipinski definition) is 2. The van der Waals surface area contributed by atoms with Crippen LogP contribution < -0.4 is 11.1 Å². The zero-order chi connectivity index (χ0) is 19.8. The number of thiophene rings is 1. The summed E-state index contributed by atoms with van der Waals surface area (Å²) in [5, 5.41) is 5.08. The second kappa shape index (κ2) is 7.31. The van der Waals surface area contributed by atoms with Crippen LogP contribution in [0.2, 0.25) is 0 Å². The van der Waals surface area contributed by atoms with E-state index in [0.717, 1.165) is 31.6 Å². The first-order valence-electron chi connectivity index (χ1n) is 9.36. The number of benzene rings is 2. The lowest BCUT2D eigenvalue weighted by Crippen LogP contribution is -2.40. The molecule has 0 radical (unpaired) electrons. The van der Waals surface area contributed by atoms with Gasteiger partial charge in [-0.3, -0.25) is 4.79 Å². The lowest BCUT2D eigenvalue weighted by Gasteiger charge is -2.26. The highest BCUT2D eigenvalue weighted by Crippen LogP contribution is 2.32. The number of carbonyl (C=O) groups excluding carboxylic acids is 1. The summed E-state index contributed by atoms with van der Waals surface area (Å²) in [6, 6.07) is 13.4. The summed E-state index contributed by atoms with van der Waals surface area (Å²) in [6.45, 7) is 2.44. The molecule has 2 aromatic carbocycles. The minimum atomic E-state index is 0.0508. The lowest BCUT2D eigenvalue weighted by atomic mass is 10.1. The molecule has 3 heterocycles. The SMILES string of the molecule is Nc1cccc(Nc2ncc3ccc4sc(C(=O)N5CCOCC5)cc4c3n2)c1. The largest absolute Gasteiger partial charge is 0.399 e. The topological polar surface area (TPSA) is 93.4 Å². The van der Waals surface area contributed by atoms with E-state index in [1.807, 2.05) is 47.4 Å². The first kappa shape index (κ1) is 17.8. The molecule has 0 unspecified atom stereocenters. The zero-order valence-corrected chi connectivity index (χ0v) is 16.4. The summed E-state index contributed by atoms with van der Waals surface area (Å²) in [6.07, 6.45) is 1.79. The van der Waals surface area contributed by atoms with Crippen molar-refractivity contribution in [1.29, 1.82) is 0 Å². The average Bonchev–Trinajstić information content (AvgIpc) is 3.19. The van der Waals surface area contributed by atoms with E-state index in [-0.39, 0.29) is 5.91 Å². The standard InChI is InChI=1S/C21H19N5O2S/c22-14-2-1-3-15(10-14)24-21-23-12-13-4-5-17-16(19(13)25-21)11-18(29-17)20(27)26-6-8-28-9-7-26/h1-5,10-12H,6-9,22H2,(H,23,24,25). The number of nitrogens with two attached hydrogens (primary N) is 1. The molecule has 7 nitrogen and oxygen atoms in total. The van der Waals surface area contributed by atoms with E-state index in [0.29, 0.717) is 37.9 Å². The Kier molecular flexibility index (Phi) is 4.49. The third-order valence-corrected chi connectivity index (χ3v) is 5.99. The third-order valence-electron chi connectivity index (χ3n) is 4.90. The number of fused-ring (bicyclic) bond motifs is 3. The van der Waals surface area contributed by atoms with Crippen LogP contribution in [-0.2, 0) is 4.74 Å². The summed E-state index contributed by atoms with van der Waals surface area (Å²) in [5.74, 6) is 0.540. The summed E-state index contributed by atoms with van der Waals surface area (Å²) in [7, 11) is 0. The quantitative estimate of drug-likeness (QED) is 0.506. The molecule has 1 aliphatic heterocycles. The van der Waals surface area contributed by atoms with Crippen LogP contribution in [0.1, 0.15) is 9.67 Å². The fourth-order valence-electron chi connectivity index (χ4n) is 3.44. The molecule has 8 heteroatoms. The van der Waals surface area contributed by atoms with Gasteiger partial charge in [-0.25, -0.2) is 9.97 Å². The van der Waals surface area contributed by atoms with E-state index >= 15 is 0 Å². The molecule has 2 aromatic heterocycles. The van der Waals surface area contributed by atoms with Gasteiger partial charge < -0.3 is 20.7 Å². The molecule has 0 bridgehead atoms. The van der Waals surface area contributed by atoms with E-state index in [9.17, 15) is 4.79 Å². The van der Waals surface area contributed by atoms with Crippen molar-refractivity contribution in [3.63, 3.8) is 0 Å². The van der Waals surface area contributed by atoms with E-state index < -0.39 is 0 Å². The van der Waals surface area contributed by atoms with Crippen LogP contribution in [0.15, 0.2) is 48.7 Å². The molecule has 29 heavy (non-hydrogen) atoms. The van der Waals surface area contributed by atoms with Crippen LogP contribution in [0.5, 0.6) is 0 Å². The molecule has 0 atom stereocenters. The number of nitrogen functional groups attached to an aromatic ring is 1. The minimum absolute atomic E-state index is 0.0508. The Bertz CT molecular complexity index is 1220. The van der Waals surface area contributed by atoms with Crippen molar-refractivity contribution >= 4 is 55.6 Å². The number of morpholine rings is 1. The van der Waals surface area contributed by atoms with Crippen molar-refractivity contribution in [2.24, 2.45) is 0 Å². The second-order valence-corrected chi connectivity index (χ2v) is 7.96. The number of ether oxygens (including phenoxy) is 1. The highest BCUT2D eigenvalue weighted by molar-refractivity contribution is 7.21. The average molecular weight is 405 g/mol. The normalized spacial score (nSPS) is 14.4. The predicted octanol–water partition coefficient (Wildman–Crippen LogP) is 3.64. The van der Waals surface area contributed by atoms with Crippen molar-refractivity contribution in [3.05, 3.63) is 53.5 Å². The van der Waals surface area contributed by atoms with Crippen LogP contribution in [0.4, 0.5) is 17.3 Å². The molecular formula is C21H19N5O2S. The molecule has 3 N–H and O–H groups in total. The van der Waals surface area contributed by atoms with Gasteiger partial charge in [-0.05, 0) is 36.4 Å². The Hall–Kier alpha value is -3.23. The molecule has 5 rings (SSSR count). The van der Waals surface area contributed by atoms with Gasteiger partial charge in [0.15, 0.2) is 0 Å². The Morgan fingerprint density at radius 2 is 2.03 bits per heavy atom. The van der Waals surface area contributed by atoms with Gasteiger partial charge in [0.2, 0.25) is 5.95 Å². The van der Waals surface area contributed by atoms with E-state index in [1.165, 1.54) is 11.3 Å². The predicted molar refractivity (Wildman–Crippen MR) is 116 cm³/mol. The van der Waals surface area contributed by atoms with Gasteiger partial charge in [0.25, 0.3) is 5.91 Å². The maximum Gasteiger partial charge on any atom is 0.264 e. The highest BCUT2D eigenvalue weighted by atomic mass is 32.1. The van der Waals surface area contributed by atoms with Crippen LogP contribution in [0.3, 0.4) is 0 Å². The summed E-state index contributed by atoms with van der Waals surface area (Å²) in [5.41, 5.74) is 8.16. The fourth-order valence-corrected chi connectivity index (χ4v) is 4.47. The van der Waals surface area contributed by atoms with E-state index in [1.54, 1.807) is 6.20 Å². The molecule has 0 saturated carbocycles. The zero-order valence-electron chi connectivity index (χ0n) is 15.6. The van der Waals surface area contributed by atoms with Crippen molar-refractivity contribution in [2.75, 3.05) is 37.4 Å². The van der Waals surface area contributed by atoms with Crippen LogP contribution in [-0.4, -0.2) is 47.1 Å². The molecule has 0 aliphatic carbocycles. The van der Waals surface area contributed by atoms with Gasteiger partial charge in [0.1, 0.15) is 0 Å². The fraction of sp³-hybridized carbons (Fsp3) is 0.190. The van der Waals surface area contributed by atoms with Crippen molar-refractivity contribution in [1.82, 2.24) is 14.9 Å². The van der Waals surface area contributed by atoms with Crippen LogP contribution >= 0.6 is 11.3 Å². The number of rotatable bonds is 3. The summed E-state index contributed by atoms with van der Waals surface area (Å²) >= 11 is 1.50. The number of amides is 1.